The van der Waals surface area contributed by atoms with Crippen LogP contribution in [0.4, 0.5) is 0 Å². The van der Waals surface area contributed by atoms with Crippen LogP contribution in [0.3, 0.4) is 0 Å². The van der Waals surface area contributed by atoms with Gasteiger partial charge in [-0.15, -0.1) is 0 Å². The second-order valence-corrected chi connectivity index (χ2v) is 3.00. The molecule has 0 aliphatic heterocycles. The highest BCUT2D eigenvalue weighted by Crippen LogP contribution is 1.97. The molecule has 1 nitrogen and oxygen atoms in total. The molecule has 0 atom stereocenters. The second kappa shape index (κ2) is 13.7. The third-order valence-electron chi connectivity index (χ3n) is 1.48. The van der Waals surface area contributed by atoms with Gasteiger partial charge in [0, 0.05) is 6.08 Å². The Kier molecular flexibility index (Phi) is 13.7. The topological polar surface area (TPSA) is 23.8 Å². The lowest BCUT2D eigenvalue weighted by Crippen LogP contribution is -1.63. The standard InChI is InChI=1S/C8H8.C5H8.C3H3N/c1-2-8-6-4-3-5-7-8;1-4-5(2)3;1-2-3-4/h2-7H,1H2;4H,1-2H2,3H3;2H,1H2. The molecule has 1 rings (SSSR count). The lowest BCUT2D eigenvalue weighted by Gasteiger charge is -1.85. The van der Waals surface area contributed by atoms with E-state index < -0.39 is 0 Å². The van der Waals surface area contributed by atoms with Crippen molar-refractivity contribution >= 4 is 6.08 Å². The lowest BCUT2D eigenvalue weighted by molar-refractivity contribution is 1.54. The Morgan fingerprint density at radius 3 is 1.76 bits per heavy atom. The molecule has 17 heavy (non-hydrogen) atoms. The van der Waals surface area contributed by atoms with Crippen LogP contribution in [0.2, 0.25) is 0 Å². The van der Waals surface area contributed by atoms with E-state index in [9.17, 15) is 0 Å². The third-order valence-corrected chi connectivity index (χ3v) is 1.48. The first-order chi connectivity index (χ1) is 8.12. The van der Waals surface area contributed by atoms with Crippen molar-refractivity contribution in [1.29, 1.82) is 5.26 Å². The van der Waals surface area contributed by atoms with E-state index in [0.29, 0.717) is 0 Å². The van der Waals surface area contributed by atoms with Gasteiger partial charge in [0.1, 0.15) is 0 Å². The van der Waals surface area contributed by atoms with E-state index in [2.05, 4.69) is 26.3 Å². The second-order valence-electron chi connectivity index (χ2n) is 3.00. The van der Waals surface area contributed by atoms with Crippen LogP contribution in [0, 0.1) is 11.3 Å². The fraction of sp³-hybridized carbons (Fsp3) is 0.0625. The molecule has 1 heteroatoms. The monoisotopic (exact) mass is 225 g/mol. The molecule has 0 bridgehead atoms. The number of benzene rings is 1. The van der Waals surface area contributed by atoms with E-state index in [-0.39, 0.29) is 0 Å². The van der Waals surface area contributed by atoms with Gasteiger partial charge >= 0.3 is 0 Å². The minimum absolute atomic E-state index is 1.02. The van der Waals surface area contributed by atoms with Crippen molar-refractivity contribution in [2.45, 2.75) is 6.92 Å². The Hall–Kier alpha value is -2.33. The smallest absolute Gasteiger partial charge is 0.0905 e. The van der Waals surface area contributed by atoms with Crippen molar-refractivity contribution in [3.05, 3.63) is 79.9 Å². The summed E-state index contributed by atoms with van der Waals surface area (Å²) in [6, 6.07) is 11.7. The molecule has 0 saturated carbocycles. The van der Waals surface area contributed by atoms with Gasteiger partial charge in [0.25, 0.3) is 0 Å². The molecule has 0 aliphatic rings. The molecule has 0 aromatic heterocycles. The Morgan fingerprint density at radius 2 is 1.59 bits per heavy atom. The molecule has 0 amide bonds. The predicted molar refractivity (Wildman–Crippen MR) is 77.4 cm³/mol. The number of allylic oxidation sites excluding steroid dienone is 3. The highest BCUT2D eigenvalue weighted by Gasteiger charge is 1.75. The van der Waals surface area contributed by atoms with Crippen LogP contribution in [-0.2, 0) is 0 Å². The van der Waals surface area contributed by atoms with Gasteiger partial charge in [-0.2, -0.15) is 5.26 Å². The maximum atomic E-state index is 7.51. The number of nitrogens with zero attached hydrogens (tertiary/aromatic N) is 1. The van der Waals surface area contributed by atoms with Crippen molar-refractivity contribution in [3.8, 4) is 6.07 Å². The van der Waals surface area contributed by atoms with Crippen LogP contribution < -0.4 is 0 Å². The summed E-state index contributed by atoms with van der Waals surface area (Å²) in [5.74, 6) is 0. The number of hydrogen-bond acceptors (Lipinski definition) is 1. The lowest BCUT2D eigenvalue weighted by atomic mass is 10.2. The number of hydrogen-bond donors (Lipinski definition) is 0. The van der Waals surface area contributed by atoms with Crippen LogP contribution in [0.15, 0.2) is 74.4 Å². The van der Waals surface area contributed by atoms with Gasteiger partial charge in [-0.3, -0.25) is 0 Å². The van der Waals surface area contributed by atoms with E-state index in [1.165, 1.54) is 11.6 Å². The predicted octanol–water partition coefficient (Wildman–Crippen LogP) is 4.77. The van der Waals surface area contributed by atoms with Gasteiger partial charge in [0.2, 0.25) is 0 Å². The van der Waals surface area contributed by atoms with Crippen molar-refractivity contribution in [1.82, 2.24) is 0 Å². The summed E-state index contributed by atoms with van der Waals surface area (Å²) >= 11 is 0. The van der Waals surface area contributed by atoms with Gasteiger partial charge in [-0.05, 0) is 12.5 Å². The number of nitriles is 1. The van der Waals surface area contributed by atoms with E-state index in [0.717, 1.165) is 5.57 Å². The summed E-state index contributed by atoms with van der Waals surface area (Å²) in [5.41, 5.74) is 2.19. The summed E-state index contributed by atoms with van der Waals surface area (Å²) in [6.07, 6.45) is 4.74. The number of rotatable bonds is 2. The zero-order chi connectivity index (χ0) is 13.5. The van der Waals surface area contributed by atoms with Gasteiger partial charge < -0.3 is 0 Å². The molecule has 0 fully saturated rings. The van der Waals surface area contributed by atoms with E-state index in [4.69, 9.17) is 5.26 Å². The fourth-order valence-electron chi connectivity index (χ4n) is 0.589. The molecule has 88 valence electrons. The molecule has 0 radical (unpaired) electrons. The van der Waals surface area contributed by atoms with Gasteiger partial charge in [0.15, 0.2) is 0 Å². The highest BCUT2D eigenvalue weighted by molar-refractivity contribution is 5.45. The zero-order valence-electron chi connectivity index (χ0n) is 10.4. The molecule has 0 spiro atoms. The van der Waals surface area contributed by atoms with E-state index >= 15 is 0 Å². The average Bonchev–Trinajstić information content (AvgIpc) is 2.40. The summed E-state index contributed by atoms with van der Waals surface area (Å²) in [7, 11) is 0. The molecule has 0 saturated heterocycles. The van der Waals surface area contributed by atoms with Crippen LogP contribution in [0.5, 0.6) is 0 Å². The van der Waals surface area contributed by atoms with Gasteiger partial charge in [-0.1, -0.05) is 74.4 Å². The minimum atomic E-state index is 1.02. The highest BCUT2D eigenvalue weighted by atomic mass is 14.2. The molecule has 0 aliphatic carbocycles. The molecular formula is C16H19N. The Labute approximate surface area is 105 Å². The van der Waals surface area contributed by atoms with Crippen molar-refractivity contribution in [2.24, 2.45) is 0 Å². The van der Waals surface area contributed by atoms with Crippen molar-refractivity contribution in [3.63, 3.8) is 0 Å². The largest absolute Gasteiger partial charge is 0.193 e. The first kappa shape index (κ1) is 17.1. The summed E-state index contributed by atoms with van der Waals surface area (Å²) in [5, 5.41) is 7.51. The Bertz CT molecular complexity index is 380. The normalized spacial score (nSPS) is 6.82. The fourth-order valence-corrected chi connectivity index (χ4v) is 0.589. The average molecular weight is 225 g/mol. The summed E-state index contributed by atoms with van der Waals surface area (Å²) in [4.78, 5) is 0. The SMILES string of the molecule is C=CC#N.C=CC(=C)C.C=Cc1ccccc1. The van der Waals surface area contributed by atoms with Gasteiger partial charge in [-0.25, -0.2) is 0 Å². The minimum Gasteiger partial charge on any atom is -0.193 e. The Morgan fingerprint density at radius 1 is 1.18 bits per heavy atom. The van der Waals surface area contributed by atoms with Crippen LogP contribution >= 0.6 is 0 Å². The Balaban J connectivity index is 0. The van der Waals surface area contributed by atoms with Crippen LogP contribution in [0.1, 0.15) is 12.5 Å². The van der Waals surface area contributed by atoms with Gasteiger partial charge in [0.05, 0.1) is 6.07 Å². The first-order valence-corrected chi connectivity index (χ1v) is 5.08. The molecule has 0 N–H and O–H groups in total. The molecule has 1 aromatic rings. The van der Waals surface area contributed by atoms with Crippen LogP contribution in [-0.4, -0.2) is 0 Å². The first-order valence-electron chi connectivity index (χ1n) is 5.08. The summed E-state index contributed by atoms with van der Waals surface area (Å²) < 4.78 is 0. The molecule has 0 heterocycles. The zero-order valence-corrected chi connectivity index (χ0v) is 10.4. The van der Waals surface area contributed by atoms with E-state index in [1.54, 1.807) is 12.1 Å². The third kappa shape index (κ3) is 16.4. The quantitative estimate of drug-likeness (QED) is 0.525. The summed E-state index contributed by atoms with van der Waals surface area (Å²) in [6.45, 7) is 15.7. The maximum Gasteiger partial charge on any atom is 0.0905 e. The molecular weight excluding hydrogens is 206 g/mol. The molecule has 1 aromatic carbocycles. The maximum absolute atomic E-state index is 7.51. The van der Waals surface area contributed by atoms with Crippen molar-refractivity contribution < 1.29 is 0 Å². The van der Waals surface area contributed by atoms with E-state index in [1.807, 2.05) is 43.3 Å². The van der Waals surface area contributed by atoms with Crippen molar-refractivity contribution in [2.75, 3.05) is 0 Å². The van der Waals surface area contributed by atoms with Crippen LogP contribution in [0.25, 0.3) is 6.08 Å². The molecule has 0 unspecified atom stereocenters.